The van der Waals surface area contributed by atoms with Gasteiger partial charge in [-0.25, -0.2) is 8.42 Å². The van der Waals surface area contributed by atoms with Gasteiger partial charge in [0.15, 0.2) is 9.84 Å². The van der Waals surface area contributed by atoms with Crippen molar-refractivity contribution < 1.29 is 18.3 Å². The van der Waals surface area contributed by atoms with E-state index in [1.165, 1.54) is 19.9 Å². The molecule has 1 N–H and O–H groups in total. The molecule has 0 aliphatic heterocycles. The molecular weight excluding hydrogens is 252 g/mol. The average molecular weight is 270 g/mol. The van der Waals surface area contributed by atoms with Crippen LogP contribution < -0.4 is 0 Å². The molecule has 0 heterocycles. The van der Waals surface area contributed by atoms with Gasteiger partial charge in [0.25, 0.3) is 0 Å². The Kier molecular flexibility index (Phi) is 4.16. The lowest BCUT2D eigenvalue weighted by atomic mass is 10.1. The Morgan fingerprint density at radius 2 is 1.72 bits per heavy atom. The zero-order valence-electron chi connectivity index (χ0n) is 11.0. The third kappa shape index (κ3) is 2.72. The van der Waals surface area contributed by atoms with Crippen molar-refractivity contribution in [2.75, 3.05) is 0 Å². The highest BCUT2D eigenvalue weighted by Crippen LogP contribution is 2.23. The van der Waals surface area contributed by atoms with Crippen LogP contribution in [-0.4, -0.2) is 24.7 Å². The minimum atomic E-state index is -3.60. The maximum absolute atomic E-state index is 12.3. The fourth-order valence-corrected chi connectivity index (χ4v) is 3.26. The highest BCUT2D eigenvalue weighted by atomic mass is 32.2. The van der Waals surface area contributed by atoms with Gasteiger partial charge in [0.05, 0.1) is 16.1 Å². The molecule has 18 heavy (non-hydrogen) atoms. The van der Waals surface area contributed by atoms with Crippen molar-refractivity contribution in [2.24, 2.45) is 5.92 Å². The van der Waals surface area contributed by atoms with Gasteiger partial charge in [-0.1, -0.05) is 13.0 Å². The summed E-state index contributed by atoms with van der Waals surface area (Å²) in [7, 11) is -3.60. The fourth-order valence-electron chi connectivity index (χ4n) is 1.58. The monoisotopic (exact) mass is 270 g/mol. The van der Waals surface area contributed by atoms with E-state index in [4.69, 9.17) is 5.11 Å². The van der Waals surface area contributed by atoms with Crippen molar-refractivity contribution in [2.45, 2.75) is 37.8 Å². The first-order valence-corrected chi connectivity index (χ1v) is 7.26. The van der Waals surface area contributed by atoms with Gasteiger partial charge >= 0.3 is 5.97 Å². The van der Waals surface area contributed by atoms with Crippen LogP contribution in [0.4, 0.5) is 0 Å². The molecular formula is C13H18O4S. The number of sulfone groups is 1. The summed E-state index contributed by atoms with van der Waals surface area (Å²) in [4.78, 5) is 11.1. The Labute approximate surface area is 108 Å². The lowest BCUT2D eigenvalue weighted by Gasteiger charge is -2.17. The Balaban J connectivity index is 3.21. The minimum absolute atomic E-state index is 0.186. The average Bonchev–Trinajstić information content (AvgIpc) is 2.30. The first-order valence-electron chi connectivity index (χ1n) is 5.72. The minimum Gasteiger partial charge on any atom is -0.481 e. The number of aryl methyl sites for hydroxylation is 2. The summed E-state index contributed by atoms with van der Waals surface area (Å²) in [5.41, 5.74) is 1.89. The van der Waals surface area contributed by atoms with E-state index in [0.717, 1.165) is 11.1 Å². The van der Waals surface area contributed by atoms with Crippen LogP contribution in [0.25, 0.3) is 0 Å². The van der Waals surface area contributed by atoms with Crippen LogP contribution in [0.3, 0.4) is 0 Å². The maximum atomic E-state index is 12.3. The summed E-state index contributed by atoms with van der Waals surface area (Å²) in [5.74, 6) is -2.04. The van der Waals surface area contributed by atoms with Crippen molar-refractivity contribution in [3.8, 4) is 0 Å². The van der Waals surface area contributed by atoms with Crippen LogP contribution in [0.1, 0.15) is 25.0 Å². The first-order chi connectivity index (χ1) is 8.17. The Morgan fingerprint density at radius 1 is 1.17 bits per heavy atom. The van der Waals surface area contributed by atoms with E-state index >= 15 is 0 Å². The standard InChI is InChI=1S/C13H18O4S/c1-8-5-6-12(7-9(8)2)18(16,17)11(4)10(3)13(14)15/h5-7,10-11H,1-4H3,(H,14,15). The van der Waals surface area contributed by atoms with Crippen molar-refractivity contribution in [1.29, 1.82) is 0 Å². The number of hydrogen-bond acceptors (Lipinski definition) is 3. The number of carbonyl (C=O) groups is 1. The number of hydrogen-bond donors (Lipinski definition) is 1. The highest BCUT2D eigenvalue weighted by Gasteiger charge is 2.32. The van der Waals surface area contributed by atoms with Crippen LogP contribution in [-0.2, 0) is 14.6 Å². The molecule has 4 nitrogen and oxygen atoms in total. The molecule has 2 unspecified atom stereocenters. The molecule has 100 valence electrons. The fraction of sp³-hybridized carbons (Fsp3) is 0.462. The zero-order valence-corrected chi connectivity index (χ0v) is 11.8. The third-order valence-electron chi connectivity index (χ3n) is 3.39. The van der Waals surface area contributed by atoms with Gasteiger partial charge in [-0.2, -0.15) is 0 Å². The SMILES string of the molecule is Cc1ccc(S(=O)(=O)C(C)C(C)C(=O)O)cc1C. The molecule has 1 aromatic rings. The lowest BCUT2D eigenvalue weighted by Crippen LogP contribution is -2.30. The predicted octanol–water partition coefficient (Wildman–Crippen LogP) is 2.19. The first kappa shape index (κ1) is 14.7. The maximum Gasteiger partial charge on any atom is 0.307 e. The summed E-state index contributed by atoms with van der Waals surface area (Å²) < 4.78 is 24.6. The molecule has 0 fully saturated rings. The number of carboxylic acids is 1. The number of aliphatic carboxylic acids is 1. The van der Waals surface area contributed by atoms with Gasteiger partial charge < -0.3 is 5.11 Å². The van der Waals surface area contributed by atoms with E-state index < -0.39 is 27.0 Å². The molecule has 0 saturated heterocycles. The molecule has 0 aliphatic rings. The van der Waals surface area contributed by atoms with Crippen molar-refractivity contribution in [1.82, 2.24) is 0 Å². The summed E-state index contributed by atoms with van der Waals surface area (Å²) >= 11 is 0. The number of benzene rings is 1. The van der Waals surface area contributed by atoms with E-state index in [1.807, 2.05) is 13.8 Å². The smallest absolute Gasteiger partial charge is 0.307 e. The largest absolute Gasteiger partial charge is 0.481 e. The van der Waals surface area contributed by atoms with E-state index in [9.17, 15) is 13.2 Å². The summed E-state index contributed by atoms with van der Waals surface area (Å²) in [6.07, 6.45) is 0. The van der Waals surface area contributed by atoms with Gasteiger partial charge in [0.1, 0.15) is 0 Å². The van der Waals surface area contributed by atoms with Gasteiger partial charge in [0.2, 0.25) is 0 Å². The summed E-state index contributed by atoms with van der Waals surface area (Å²) in [5, 5.41) is 7.95. The van der Waals surface area contributed by atoms with Crippen molar-refractivity contribution in [3.05, 3.63) is 29.3 Å². The predicted molar refractivity (Wildman–Crippen MR) is 69.4 cm³/mol. The molecule has 0 amide bonds. The molecule has 1 aromatic carbocycles. The summed E-state index contributed by atoms with van der Waals surface area (Å²) in [6, 6.07) is 4.86. The highest BCUT2D eigenvalue weighted by molar-refractivity contribution is 7.92. The quantitative estimate of drug-likeness (QED) is 0.910. The van der Waals surface area contributed by atoms with Gasteiger partial charge in [-0.05, 0) is 44.0 Å². The van der Waals surface area contributed by atoms with Crippen LogP contribution in [0, 0.1) is 19.8 Å². The topological polar surface area (TPSA) is 71.4 Å². The Bertz CT molecular complexity index is 560. The molecule has 1 rings (SSSR count). The molecule has 0 aromatic heterocycles. The lowest BCUT2D eigenvalue weighted by molar-refractivity contribution is -0.141. The van der Waals surface area contributed by atoms with E-state index in [0.29, 0.717) is 0 Å². The molecule has 5 heteroatoms. The number of rotatable bonds is 4. The van der Waals surface area contributed by atoms with E-state index in [-0.39, 0.29) is 4.90 Å². The van der Waals surface area contributed by atoms with E-state index in [1.54, 1.807) is 12.1 Å². The molecule has 0 aliphatic carbocycles. The molecule has 0 bridgehead atoms. The van der Waals surface area contributed by atoms with Gasteiger partial charge in [-0.15, -0.1) is 0 Å². The van der Waals surface area contributed by atoms with Crippen molar-refractivity contribution in [3.63, 3.8) is 0 Å². The summed E-state index contributed by atoms with van der Waals surface area (Å²) in [6.45, 7) is 6.57. The van der Waals surface area contributed by atoms with Crippen LogP contribution in [0.15, 0.2) is 23.1 Å². The van der Waals surface area contributed by atoms with Crippen LogP contribution in [0.2, 0.25) is 0 Å². The van der Waals surface area contributed by atoms with Gasteiger partial charge in [-0.3, -0.25) is 4.79 Å². The van der Waals surface area contributed by atoms with E-state index in [2.05, 4.69) is 0 Å². The second-order valence-corrected chi connectivity index (χ2v) is 6.93. The Hall–Kier alpha value is -1.36. The second kappa shape index (κ2) is 5.10. The van der Waals surface area contributed by atoms with Crippen LogP contribution in [0.5, 0.6) is 0 Å². The molecule has 0 spiro atoms. The zero-order chi connectivity index (χ0) is 14.1. The normalized spacial score (nSPS) is 15.1. The third-order valence-corrected chi connectivity index (χ3v) is 5.69. The second-order valence-electron chi connectivity index (χ2n) is 4.62. The Morgan fingerprint density at radius 3 is 2.17 bits per heavy atom. The molecule has 2 atom stereocenters. The number of carboxylic acid groups (broad SMARTS) is 1. The van der Waals surface area contributed by atoms with Crippen molar-refractivity contribution >= 4 is 15.8 Å². The van der Waals surface area contributed by atoms with Gasteiger partial charge in [0, 0.05) is 0 Å². The molecule has 0 saturated carbocycles. The van der Waals surface area contributed by atoms with Crippen LogP contribution >= 0.6 is 0 Å². The molecule has 0 radical (unpaired) electrons.